The molecular weight excluding hydrogens is 364 g/mol. The summed E-state index contributed by atoms with van der Waals surface area (Å²) in [5.74, 6) is -0.530. The Morgan fingerprint density at radius 3 is 2.44 bits per heavy atom. The van der Waals surface area contributed by atoms with Crippen LogP contribution in [0, 0.1) is 5.82 Å². The third-order valence-electron chi connectivity index (χ3n) is 3.18. The standard InChI is InChI=1S/C16H9ClF4N2O2/c17-11-5-6-13(12(18)7-11)24-8-14-22-15(25-23-14)9-1-3-10(4-2-9)16(19,20)21/h1-7H,8H2. The Kier molecular flexibility index (Phi) is 4.63. The first-order valence-electron chi connectivity index (χ1n) is 6.91. The van der Waals surface area contributed by atoms with Crippen LogP contribution in [0.4, 0.5) is 17.6 Å². The summed E-state index contributed by atoms with van der Waals surface area (Å²) in [6.45, 7) is -0.178. The Bertz CT molecular complexity index is 879. The van der Waals surface area contributed by atoms with Crippen LogP contribution in [0.3, 0.4) is 0 Å². The summed E-state index contributed by atoms with van der Waals surface area (Å²) in [4.78, 5) is 4.00. The minimum atomic E-state index is -4.42. The zero-order valence-corrected chi connectivity index (χ0v) is 13.1. The zero-order valence-electron chi connectivity index (χ0n) is 12.3. The molecule has 0 fully saturated rings. The lowest BCUT2D eigenvalue weighted by atomic mass is 10.1. The maximum atomic E-state index is 13.6. The minimum absolute atomic E-state index is 0.0314. The third-order valence-corrected chi connectivity index (χ3v) is 3.41. The predicted molar refractivity (Wildman–Crippen MR) is 80.5 cm³/mol. The summed E-state index contributed by atoms with van der Waals surface area (Å²) in [6, 6.07) is 8.19. The van der Waals surface area contributed by atoms with Gasteiger partial charge >= 0.3 is 6.18 Å². The fourth-order valence-corrected chi connectivity index (χ4v) is 2.12. The molecule has 0 atom stereocenters. The molecule has 0 saturated carbocycles. The van der Waals surface area contributed by atoms with Crippen LogP contribution >= 0.6 is 11.6 Å². The number of aromatic nitrogens is 2. The predicted octanol–water partition coefficient (Wildman–Crippen LogP) is 5.13. The van der Waals surface area contributed by atoms with Crippen molar-refractivity contribution < 1.29 is 26.8 Å². The largest absolute Gasteiger partial charge is 0.482 e. The fraction of sp³-hybridized carbons (Fsp3) is 0.125. The monoisotopic (exact) mass is 372 g/mol. The van der Waals surface area contributed by atoms with Gasteiger partial charge in [-0.25, -0.2) is 4.39 Å². The van der Waals surface area contributed by atoms with Gasteiger partial charge in [0.25, 0.3) is 5.89 Å². The summed E-state index contributed by atoms with van der Waals surface area (Å²) < 4.78 is 61.4. The highest BCUT2D eigenvalue weighted by Gasteiger charge is 2.30. The van der Waals surface area contributed by atoms with E-state index in [4.69, 9.17) is 20.9 Å². The van der Waals surface area contributed by atoms with Crippen LogP contribution in [-0.4, -0.2) is 10.1 Å². The second-order valence-corrected chi connectivity index (χ2v) is 5.39. The number of alkyl halides is 3. The van der Waals surface area contributed by atoms with Crippen molar-refractivity contribution in [3.05, 3.63) is 64.7 Å². The van der Waals surface area contributed by atoms with Gasteiger partial charge in [-0.1, -0.05) is 16.8 Å². The van der Waals surface area contributed by atoms with E-state index in [-0.39, 0.29) is 29.1 Å². The molecule has 130 valence electrons. The Labute approximate surface area is 144 Å². The number of hydrogen-bond donors (Lipinski definition) is 0. The molecule has 0 saturated heterocycles. The Morgan fingerprint density at radius 1 is 1.08 bits per heavy atom. The van der Waals surface area contributed by atoms with Crippen LogP contribution in [-0.2, 0) is 12.8 Å². The van der Waals surface area contributed by atoms with Gasteiger partial charge in [-0.15, -0.1) is 0 Å². The summed E-state index contributed by atoms with van der Waals surface area (Å²) in [7, 11) is 0. The molecule has 0 radical (unpaired) electrons. The van der Waals surface area contributed by atoms with Gasteiger partial charge in [-0.2, -0.15) is 18.2 Å². The van der Waals surface area contributed by atoms with Crippen LogP contribution in [0.25, 0.3) is 11.5 Å². The highest BCUT2D eigenvalue weighted by Crippen LogP contribution is 2.30. The zero-order chi connectivity index (χ0) is 18.0. The van der Waals surface area contributed by atoms with E-state index in [0.29, 0.717) is 5.56 Å². The van der Waals surface area contributed by atoms with Crippen LogP contribution < -0.4 is 4.74 Å². The van der Waals surface area contributed by atoms with Crippen molar-refractivity contribution >= 4 is 11.6 Å². The molecule has 25 heavy (non-hydrogen) atoms. The molecule has 2 aromatic carbocycles. The number of hydrogen-bond acceptors (Lipinski definition) is 4. The minimum Gasteiger partial charge on any atom is -0.482 e. The van der Waals surface area contributed by atoms with Crippen LogP contribution in [0.15, 0.2) is 47.0 Å². The molecule has 0 aliphatic carbocycles. The Hall–Kier alpha value is -2.61. The van der Waals surface area contributed by atoms with E-state index in [1.54, 1.807) is 0 Å². The highest BCUT2D eigenvalue weighted by molar-refractivity contribution is 6.30. The van der Waals surface area contributed by atoms with Crippen molar-refractivity contribution in [2.24, 2.45) is 0 Å². The number of nitrogens with zero attached hydrogens (tertiary/aromatic N) is 2. The molecule has 4 nitrogen and oxygen atoms in total. The van der Waals surface area contributed by atoms with Crippen LogP contribution in [0.2, 0.25) is 5.02 Å². The highest BCUT2D eigenvalue weighted by atomic mass is 35.5. The second-order valence-electron chi connectivity index (χ2n) is 4.95. The van der Waals surface area contributed by atoms with Crippen molar-refractivity contribution in [3.8, 4) is 17.2 Å². The van der Waals surface area contributed by atoms with Crippen molar-refractivity contribution in [2.75, 3.05) is 0 Å². The van der Waals surface area contributed by atoms with E-state index in [1.807, 2.05) is 0 Å². The quantitative estimate of drug-likeness (QED) is 0.596. The molecule has 9 heteroatoms. The Balaban J connectivity index is 1.70. The lowest BCUT2D eigenvalue weighted by Crippen LogP contribution is -2.04. The van der Waals surface area contributed by atoms with E-state index in [1.165, 1.54) is 24.3 Å². The number of rotatable bonds is 4. The van der Waals surface area contributed by atoms with Gasteiger partial charge in [0.1, 0.15) is 0 Å². The third kappa shape index (κ3) is 4.08. The topological polar surface area (TPSA) is 48.2 Å². The molecule has 3 aromatic rings. The fourth-order valence-electron chi connectivity index (χ4n) is 1.97. The van der Waals surface area contributed by atoms with E-state index >= 15 is 0 Å². The van der Waals surface area contributed by atoms with Crippen molar-refractivity contribution in [1.29, 1.82) is 0 Å². The molecule has 0 N–H and O–H groups in total. The maximum Gasteiger partial charge on any atom is 0.416 e. The van der Waals surface area contributed by atoms with Crippen LogP contribution in [0.1, 0.15) is 11.4 Å². The first-order chi connectivity index (χ1) is 11.8. The van der Waals surface area contributed by atoms with Gasteiger partial charge in [-0.05, 0) is 42.5 Å². The van der Waals surface area contributed by atoms with Gasteiger partial charge in [0.15, 0.2) is 18.2 Å². The molecule has 0 spiro atoms. The van der Waals surface area contributed by atoms with E-state index < -0.39 is 17.6 Å². The molecule has 1 aromatic heterocycles. The average molecular weight is 373 g/mol. The molecule has 0 bridgehead atoms. The number of ether oxygens (including phenoxy) is 1. The van der Waals surface area contributed by atoms with Crippen molar-refractivity contribution in [2.45, 2.75) is 12.8 Å². The van der Waals surface area contributed by atoms with E-state index in [2.05, 4.69) is 10.1 Å². The van der Waals surface area contributed by atoms with Gasteiger partial charge in [0.2, 0.25) is 5.82 Å². The smallest absolute Gasteiger partial charge is 0.416 e. The first kappa shape index (κ1) is 17.2. The van der Waals surface area contributed by atoms with Crippen LogP contribution in [0.5, 0.6) is 5.75 Å². The summed E-state index contributed by atoms with van der Waals surface area (Å²) in [5, 5.41) is 3.87. The first-order valence-corrected chi connectivity index (χ1v) is 7.29. The van der Waals surface area contributed by atoms with Gasteiger partial charge in [-0.3, -0.25) is 0 Å². The molecule has 0 aliphatic heterocycles. The molecule has 0 aliphatic rings. The molecule has 0 amide bonds. The number of benzene rings is 2. The van der Waals surface area contributed by atoms with E-state index in [0.717, 1.165) is 18.2 Å². The molecular formula is C16H9ClF4N2O2. The number of halogens is 5. The lowest BCUT2D eigenvalue weighted by molar-refractivity contribution is -0.137. The Morgan fingerprint density at radius 2 is 1.80 bits per heavy atom. The van der Waals surface area contributed by atoms with Gasteiger partial charge in [0, 0.05) is 10.6 Å². The summed E-state index contributed by atoms with van der Waals surface area (Å²) in [6.07, 6.45) is -4.42. The molecule has 3 rings (SSSR count). The van der Waals surface area contributed by atoms with Crippen molar-refractivity contribution in [1.82, 2.24) is 10.1 Å². The second kappa shape index (κ2) is 6.72. The molecule has 1 heterocycles. The summed E-state index contributed by atoms with van der Waals surface area (Å²) >= 11 is 5.64. The van der Waals surface area contributed by atoms with E-state index in [9.17, 15) is 17.6 Å². The lowest BCUT2D eigenvalue weighted by Gasteiger charge is -2.05. The SMILES string of the molecule is Fc1cc(Cl)ccc1OCc1noc(-c2ccc(C(F)(F)F)cc2)n1. The van der Waals surface area contributed by atoms with Gasteiger partial charge in [0.05, 0.1) is 5.56 Å². The molecule has 0 unspecified atom stereocenters. The maximum absolute atomic E-state index is 13.6. The van der Waals surface area contributed by atoms with Gasteiger partial charge < -0.3 is 9.26 Å². The summed E-state index contributed by atoms with van der Waals surface area (Å²) in [5.41, 5.74) is -0.457. The normalized spacial score (nSPS) is 11.6. The van der Waals surface area contributed by atoms with Crippen molar-refractivity contribution in [3.63, 3.8) is 0 Å². The average Bonchev–Trinajstić information content (AvgIpc) is 3.02.